The van der Waals surface area contributed by atoms with E-state index in [1.165, 1.54) is 12.1 Å². The van der Waals surface area contributed by atoms with E-state index in [1.807, 2.05) is 24.3 Å². The zero-order chi connectivity index (χ0) is 23.2. The molecule has 2 aliphatic heterocycles. The van der Waals surface area contributed by atoms with Crippen LogP contribution in [0.1, 0.15) is 30.4 Å². The maximum absolute atomic E-state index is 13.3. The fourth-order valence-corrected chi connectivity index (χ4v) is 4.70. The van der Waals surface area contributed by atoms with Crippen LogP contribution in [0.3, 0.4) is 0 Å². The van der Waals surface area contributed by atoms with Gasteiger partial charge in [0.25, 0.3) is 0 Å². The molecule has 1 amide bonds. The van der Waals surface area contributed by atoms with Crippen molar-refractivity contribution in [2.45, 2.75) is 56.7 Å². The molecule has 0 radical (unpaired) electrons. The minimum atomic E-state index is -0.565. The molecule has 4 atom stereocenters. The molecule has 2 aromatic rings. The zero-order valence-corrected chi connectivity index (χ0v) is 19.2. The number of β-amino-alcohol motifs (C(OH)–C–C–N with tert-alkyl or cyclic N) is 1. The zero-order valence-electron chi connectivity index (χ0n) is 18.5. The second-order valence-electron chi connectivity index (χ2n) is 8.80. The van der Waals surface area contributed by atoms with Gasteiger partial charge in [0.15, 0.2) is 0 Å². The maximum atomic E-state index is 13.3. The summed E-state index contributed by atoms with van der Waals surface area (Å²) >= 11 is 6.02. The quantitative estimate of drug-likeness (QED) is 0.669. The highest BCUT2D eigenvalue weighted by Gasteiger charge is 2.38. The summed E-state index contributed by atoms with van der Waals surface area (Å²) in [5.41, 5.74) is 1.84. The number of amides is 1. The maximum Gasteiger partial charge on any atom is 0.222 e. The van der Waals surface area contributed by atoms with Crippen molar-refractivity contribution in [3.05, 3.63) is 70.5 Å². The Morgan fingerprint density at radius 3 is 2.76 bits per heavy atom. The van der Waals surface area contributed by atoms with E-state index in [2.05, 4.69) is 10.2 Å². The molecular weight excluding hydrogens is 447 g/mol. The summed E-state index contributed by atoms with van der Waals surface area (Å²) in [6.07, 6.45) is 0.879. The Hall–Kier alpha value is -2.03. The van der Waals surface area contributed by atoms with E-state index in [9.17, 15) is 14.3 Å². The van der Waals surface area contributed by atoms with E-state index in [-0.39, 0.29) is 49.5 Å². The number of ether oxygens (including phenoxy) is 2. The average Bonchev–Trinajstić information content (AvgIpc) is 2.78. The summed E-state index contributed by atoms with van der Waals surface area (Å²) in [5, 5.41) is 13.9. The van der Waals surface area contributed by atoms with Gasteiger partial charge in [-0.05, 0) is 48.2 Å². The van der Waals surface area contributed by atoms with E-state index < -0.39 is 6.10 Å². The third kappa shape index (κ3) is 6.98. The van der Waals surface area contributed by atoms with Crippen molar-refractivity contribution in [1.29, 1.82) is 0 Å². The van der Waals surface area contributed by atoms with Crippen molar-refractivity contribution in [1.82, 2.24) is 10.2 Å². The lowest BCUT2D eigenvalue weighted by Gasteiger charge is -2.44. The van der Waals surface area contributed by atoms with Gasteiger partial charge in [-0.2, -0.15) is 0 Å². The fourth-order valence-electron chi connectivity index (χ4n) is 4.58. The first-order chi connectivity index (χ1) is 16.0. The molecule has 2 N–H and O–H groups in total. The average molecular weight is 477 g/mol. The Kier molecular flexibility index (Phi) is 8.33. The van der Waals surface area contributed by atoms with Crippen LogP contribution in [0.4, 0.5) is 4.39 Å². The Morgan fingerprint density at radius 2 is 1.97 bits per heavy atom. The van der Waals surface area contributed by atoms with Gasteiger partial charge in [0.1, 0.15) is 5.82 Å². The molecule has 2 aliphatic rings. The summed E-state index contributed by atoms with van der Waals surface area (Å²) in [6, 6.07) is 14.0. The number of hydrogen-bond donors (Lipinski definition) is 2. The van der Waals surface area contributed by atoms with Crippen molar-refractivity contribution in [2.75, 3.05) is 19.8 Å². The number of nitrogens with zero attached hydrogens (tertiary/aromatic N) is 1. The van der Waals surface area contributed by atoms with Gasteiger partial charge in [-0.15, -0.1) is 0 Å². The number of fused-ring (bicyclic) bond motifs is 1. The number of nitrogens with one attached hydrogen (secondary N) is 1. The highest BCUT2D eigenvalue weighted by atomic mass is 35.5. The van der Waals surface area contributed by atoms with Crippen molar-refractivity contribution >= 4 is 17.5 Å². The number of aliphatic hydroxyl groups excluding tert-OH is 1. The molecule has 6 nitrogen and oxygen atoms in total. The Morgan fingerprint density at radius 1 is 1.15 bits per heavy atom. The summed E-state index contributed by atoms with van der Waals surface area (Å²) in [4.78, 5) is 14.7. The Balaban J connectivity index is 1.34. The smallest absolute Gasteiger partial charge is 0.222 e. The highest BCUT2D eigenvalue weighted by molar-refractivity contribution is 6.30. The second kappa shape index (κ2) is 11.4. The van der Waals surface area contributed by atoms with Crippen LogP contribution in [-0.2, 0) is 27.4 Å². The molecule has 8 heteroatoms. The number of aliphatic hydroxyl groups is 1. The van der Waals surface area contributed by atoms with Gasteiger partial charge in [-0.3, -0.25) is 9.69 Å². The SMILES string of the molecule is O=C(C[C@@H]1CC[C@@H]2[C@H](COC[C@@H](O)CN2Cc2ccc(Cl)cc2)O1)NCc1cccc(F)c1. The van der Waals surface area contributed by atoms with Gasteiger partial charge in [0.05, 0.1) is 37.9 Å². The molecule has 2 aromatic carbocycles. The van der Waals surface area contributed by atoms with Crippen LogP contribution in [0, 0.1) is 5.82 Å². The van der Waals surface area contributed by atoms with E-state index in [0.29, 0.717) is 24.7 Å². The molecule has 4 rings (SSSR count). The van der Waals surface area contributed by atoms with Gasteiger partial charge in [-0.1, -0.05) is 35.9 Å². The summed E-state index contributed by atoms with van der Waals surface area (Å²) in [5.74, 6) is -0.441. The number of carbonyl (C=O) groups is 1. The molecule has 178 valence electrons. The standard InChI is InChI=1S/C25H30ClFN2O4/c26-19-6-4-17(5-7-19)13-29-14-21(30)15-32-16-24-23(29)9-8-22(33-24)11-25(31)28-12-18-2-1-3-20(27)10-18/h1-7,10,21-24,30H,8-9,11-16H2,(H,28,31)/t21-,22-,23+,24-/m0/s1. The molecule has 0 unspecified atom stereocenters. The van der Waals surface area contributed by atoms with Crippen LogP contribution in [0.2, 0.25) is 5.02 Å². The van der Waals surface area contributed by atoms with Gasteiger partial charge in [0.2, 0.25) is 5.91 Å². The number of rotatable bonds is 6. The Labute approximate surface area is 198 Å². The van der Waals surface area contributed by atoms with Crippen LogP contribution >= 0.6 is 11.6 Å². The molecule has 2 heterocycles. The Bertz CT molecular complexity index is 929. The number of carbonyl (C=O) groups excluding carboxylic acids is 1. The lowest BCUT2D eigenvalue weighted by Crippen LogP contribution is -2.55. The summed E-state index contributed by atoms with van der Waals surface area (Å²) in [7, 11) is 0. The van der Waals surface area contributed by atoms with E-state index in [0.717, 1.165) is 24.0 Å². The normalized spacial score (nSPS) is 26.2. The predicted molar refractivity (Wildman–Crippen MR) is 123 cm³/mol. The third-order valence-electron chi connectivity index (χ3n) is 6.18. The first-order valence-electron chi connectivity index (χ1n) is 11.4. The first-order valence-corrected chi connectivity index (χ1v) is 11.7. The van der Waals surface area contributed by atoms with Crippen LogP contribution < -0.4 is 5.32 Å². The molecule has 0 saturated carbocycles. The van der Waals surface area contributed by atoms with E-state index in [4.69, 9.17) is 21.1 Å². The monoisotopic (exact) mass is 476 g/mol. The van der Waals surface area contributed by atoms with E-state index >= 15 is 0 Å². The highest BCUT2D eigenvalue weighted by Crippen LogP contribution is 2.29. The second-order valence-corrected chi connectivity index (χ2v) is 9.24. The lowest BCUT2D eigenvalue weighted by atomic mass is 9.94. The van der Waals surface area contributed by atoms with Crippen LogP contribution in [-0.4, -0.2) is 60.0 Å². The third-order valence-corrected chi connectivity index (χ3v) is 6.43. The molecule has 0 aliphatic carbocycles. The molecular formula is C25H30ClFN2O4. The molecule has 2 fully saturated rings. The minimum absolute atomic E-state index is 0.0854. The van der Waals surface area contributed by atoms with Gasteiger partial charge in [0, 0.05) is 30.7 Å². The van der Waals surface area contributed by atoms with Crippen LogP contribution in [0.25, 0.3) is 0 Å². The number of benzene rings is 2. The number of hydrogen-bond acceptors (Lipinski definition) is 5. The molecule has 2 saturated heterocycles. The van der Waals surface area contributed by atoms with Gasteiger partial charge in [-0.25, -0.2) is 4.39 Å². The van der Waals surface area contributed by atoms with Crippen molar-refractivity contribution in [3.8, 4) is 0 Å². The minimum Gasteiger partial charge on any atom is -0.389 e. The summed E-state index contributed by atoms with van der Waals surface area (Å²) in [6.45, 7) is 2.08. The number of halogens is 2. The van der Waals surface area contributed by atoms with Crippen molar-refractivity contribution in [2.24, 2.45) is 0 Å². The molecule has 0 bridgehead atoms. The first kappa shape index (κ1) is 24.1. The molecule has 0 spiro atoms. The summed E-state index contributed by atoms with van der Waals surface area (Å²) < 4.78 is 25.3. The van der Waals surface area contributed by atoms with Gasteiger partial charge < -0.3 is 19.9 Å². The van der Waals surface area contributed by atoms with E-state index in [1.54, 1.807) is 12.1 Å². The largest absolute Gasteiger partial charge is 0.389 e. The van der Waals surface area contributed by atoms with Gasteiger partial charge >= 0.3 is 0 Å². The van der Waals surface area contributed by atoms with Crippen LogP contribution in [0.5, 0.6) is 0 Å². The molecule has 0 aromatic heterocycles. The predicted octanol–water partition coefficient (Wildman–Crippen LogP) is 3.29. The van der Waals surface area contributed by atoms with Crippen molar-refractivity contribution in [3.63, 3.8) is 0 Å². The molecule has 33 heavy (non-hydrogen) atoms. The van der Waals surface area contributed by atoms with Crippen LogP contribution in [0.15, 0.2) is 48.5 Å². The topological polar surface area (TPSA) is 71.0 Å². The van der Waals surface area contributed by atoms with Crippen molar-refractivity contribution < 1.29 is 23.8 Å². The fraction of sp³-hybridized carbons (Fsp3) is 0.480. The lowest BCUT2D eigenvalue weighted by molar-refractivity contribution is -0.158.